The molecule has 0 aliphatic heterocycles. The summed E-state index contributed by atoms with van der Waals surface area (Å²) in [6, 6.07) is 7.68. The minimum absolute atomic E-state index is 0.115. The van der Waals surface area contributed by atoms with Crippen molar-refractivity contribution in [3.8, 4) is 5.75 Å². The van der Waals surface area contributed by atoms with Crippen molar-refractivity contribution < 1.29 is 13.9 Å². The lowest BCUT2D eigenvalue weighted by molar-refractivity contribution is 0.248. The summed E-state index contributed by atoms with van der Waals surface area (Å²) in [6.45, 7) is 0. The number of methoxy groups -OCH3 is 1. The second kappa shape index (κ2) is 7.13. The Bertz CT molecular complexity index is 648. The fourth-order valence-electron chi connectivity index (χ4n) is 2.68. The zero-order valence-electron chi connectivity index (χ0n) is 13.0. The number of nitrogens with one attached hydrogen (secondary N) is 2. The van der Waals surface area contributed by atoms with E-state index in [4.69, 9.17) is 9.15 Å². The molecule has 7 heteroatoms. The number of anilines is 1. The third kappa shape index (κ3) is 4.21. The number of carbonyl (C=O) groups is 1. The largest absolute Gasteiger partial charge is 0.497 e. The number of rotatable bonds is 5. The fraction of sp³-hybridized carbons (Fsp3) is 0.438. The Morgan fingerprint density at radius 2 is 2.00 bits per heavy atom. The smallest absolute Gasteiger partial charge is 0.323 e. The van der Waals surface area contributed by atoms with Crippen LogP contribution in [0, 0.1) is 0 Å². The van der Waals surface area contributed by atoms with Crippen molar-refractivity contribution in [2.24, 2.45) is 0 Å². The summed E-state index contributed by atoms with van der Waals surface area (Å²) in [6.07, 6.45) is 4.89. The van der Waals surface area contributed by atoms with Crippen LogP contribution in [0.3, 0.4) is 0 Å². The monoisotopic (exact) mass is 316 g/mol. The highest BCUT2D eigenvalue weighted by molar-refractivity contribution is 5.87. The van der Waals surface area contributed by atoms with Crippen molar-refractivity contribution in [2.75, 3.05) is 12.4 Å². The second-order valence-corrected chi connectivity index (χ2v) is 5.61. The van der Waals surface area contributed by atoms with Crippen molar-refractivity contribution in [3.63, 3.8) is 0 Å². The van der Waals surface area contributed by atoms with Crippen LogP contribution in [-0.4, -0.2) is 29.4 Å². The van der Waals surface area contributed by atoms with E-state index in [0.717, 1.165) is 37.0 Å². The van der Waals surface area contributed by atoms with Crippen LogP contribution in [-0.2, 0) is 6.42 Å². The number of benzene rings is 1. The van der Waals surface area contributed by atoms with Gasteiger partial charge in [-0.15, -0.1) is 5.10 Å². The summed E-state index contributed by atoms with van der Waals surface area (Å²) in [5.41, 5.74) is 1.02. The summed E-state index contributed by atoms with van der Waals surface area (Å²) in [4.78, 5) is 11.8. The van der Waals surface area contributed by atoms with Crippen molar-refractivity contribution in [1.29, 1.82) is 0 Å². The zero-order valence-corrected chi connectivity index (χ0v) is 13.0. The molecular weight excluding hydrogens is 296 g/mol. The molecule has 3 rings (SSSR count). The summed E-state index contributed by atoms with van der Waals surface area (Å²) < 4.78 is 10.6. The molecule has 1 aliphatic rings. The Kier molecular flexibility index (Phi) is 4.75. The Morgan fingerprint density at radius 1 is 1.26 bits per heavy atom. The molecule has 2 aromatic rings. The molecule has 122 valence electrons. The third-order valence-electron chi connectivity index (χ3n) is 3.89. The Hall–Kier alpha value is -2.57. The molecule has 2 amide bonds. The molecule has 1 aromatic heterocycles. The average molecular weight is 316 g/mol. The number of hydrogen-bond acceptors (Lipinski definition) is 5. The predicted molar refractivity (Wildman–Crippen MR) is 84.5 cm³/mol. The molecule has 1 fully saturated rings. The van der Waals surface area contributed by atoms with Gasteiger partial charge in [-0.1, -0.05) is 30.1 Å². The molecule has 1 saturated carbocycles. The van der Waals surface area contributed by atoms with Crippen LogP contribution < -0.4 is 15.4 Å². The number of hydrogen-bond donors (Lipinski definition) is 2. The number of ether oxygens (including phenoxy) is 1. The van der Waals surface area contributed by atoms with E-state index in [1.807, 2.05) is 24.3 Å². The maximum absolute atomic E-state index is 11.8. The third-order valence-corrected chi connectivity index (χ3v) is 3.89. The lowest BCUT2D eigenvalue weighted by atomic mass is 10.1. The normalized spacial score (nSPS) is 14.7. The predicted octanol–water partition coefficient (Wildman–Crippen LogP) is 2.73. The molecule has 0 bridgehead atoms. The number of amides is 2. The molecule has 23 heavy (non-hydrogen) atoms. The average Bonchev–Trinajstić information content (AvgIpc) is 3.20. The Balaban J connectivity index is 1.53. The van der Waals surface area contributed by atoms with Gasteiger partial charge in [0.2, 0.25) is 5.89 Å². The quantitative estimate of drug-likeness (QED) is 0.885. The summed E-state index contributed by atoms with van der Waals surface area (Å²) in [7, 11) is 1.63. The first-order chi connectivity index (χ1) is 11.2. The van der Waals surface area contributed by atoms with Crippen molar-refractivity contribution in [3.05, 3.63) is 35.7 Å². The van der Waals surface area contributed by atoms with Crippen LogP contribution in [0.1, 0.15) is 37.1 Å². The van der Waals surface area contributed by atoms with E-state index in [0.29, 0.717) is 12.3 Å². The first-order valence-electron chi connectivity index (χ1n) is 7.76. The minimum Gasteiger partial charge on any atom is -0.497 e. The van der Waals surface area contributed by atoms with Crippen molar-refractivity contribution >= 4 is 12.0 Å². The maximum atomic E-state index is 11.8. The Labute approximate surface area is 134 Å². The van der Waals surface area contributed by atoms with Crippen LogP contribution in [0.25, 0.3) is 0 Å². The summed E-state index contributed by atoms with van der Waals surface area (Å²) in [5.74, 6) is 1.25. The van der Waals surface area contributed by atoms with E-state index >= 15 is 0 Å². The summed E-state index contributed by atoms with van der Waals surface area (Å²) in [5, 5.41) is 13.3. The van der Waals surface area contributed by atoms with Gasteiger partial charge in [-0.25, -0.2) is 4.79 Å². The highest BCUT2D eigenvalue weighted by Crippen LogP contribution is 2.18. The van der Waals surface area contributed by atoms with Gasteiger partial charge in [0.15, 0.2) is 0 Å². The van der Waals surface area contributed by atoms with Gasteiger partial charge in [-0.05, 0) is 30.5 Å². The van der Waals surface area contributed by atoms with E-state index < -0.39 is 0 Å². The SMILES string of the molecule is COc1ccc(Cc2nnc(NC(=O)NC3CCCC3)o2)cc1. The van der Waals surface area contributed by atoms with Gasteiger partial charge in [0.1, 0.15) is 5.75 Å². The molecule has 7 nitrogen and oxygen atoms in total. The lowest BCUT2D eigenvalue weighted by Crippen LogP contribution is -2.36. The van der Waals surface area contributed by atoms with Gasteiger partial charge < -0.3 is 14.5 Å². The van der Waals surface area contributed by atoms with Crippen LogP contribution in [0.15, 0.2) is 28.7 Å². The van der Waals surface area contributed by atoms with E-state index in [2.05, 4.69) is 20.8 Å². The van der Waals surface area contributed by atoms with Gasteiger partial charge in [0.25, 0.3) is 0 Å². The number of aromatic nitrogens is 2. The number of carbonyl (C=O) groups excluding carboxylic acids is 1. The molecule has 0 radical (unpaired) electrons. The fourth-order valence-corrected chi connectivity index (χ4v) is 2.68. The Morgan fingerprint density at radius 3 is 2.70 bits per heavy atom. The van der Waals surface area contributed by atoms with Gasteiger partial charge in [0, 0.05) is 6.04 Å². The zero-order chi connectivity index (χ0) is 16.1. The molecule has 2 N–H and O–H groups in total. The molecule has 0 spiro atoms. The first-order valence-corrected chi connectivity index (χ1v) is 7.76. The van der Waals surface area contributed by atoms with Gasteiger partial charge in [-0.2, -0.15) is 0 Å². The van der Waals surface area contributed by atoms with Crippen LogP contribution in [0.5, 0.6) is 5.75 Å². The van der Waals surface area contributed by atoms with E-state index in [1.54, 1.807) is 7.11 Å². The minimum atomic E-state index is -0.295. The molecular formula is C16H20N4O3. The number of urea groups is 1. The van der Waals surface area contributed by atoms with E-state index in [1.165, 1.54) is 0 Å². The molecule has 1 heterocycles. The van der Waals surface area contributed by atoms with Crippen molar-refractivity contribution in [1.82, 2.24) is 15.5 Å². The van der Waals surface area contributed by atoms with Crippen LogP contribution >= 0.6 is 0 Å². The van der Waals surface area contributed by atoms with Gasteiger partial charge >= 0.3 is 12.0 Å². The van der Waals surface area contributed by atoms with Crippen LogP contribution in [0.4, 0.5) is 10.8 Å². The molecule has 1 aromatic carbocycles. The first kappa shape index (κ1) is 15.3. The topological polar surface area (TPSA) is 89.3 Å². The molecule has 0 saturated heterocycles. The number of nitrogens with zero attached hydrogens (tertiary/aromatic N) is 2. The maximum Gasteiger partial charge on any atom is 0.323 e. The van der Waals surface area contributed by atoms with Gasteiger partial charge in [0.05, 0.1) is 13.5 Å². The van der Waals surface area contributed by atoms with E-state index in [9.17, 15) is 4.79 Å². The van der Waals surface area contributed by atoms with Crippen molar-refractivity contribution in [2.45, 2.75) is 38.1 Å². The molecule has 1 aliphatic carbocycles. The second-order valence-electron chi connectivity index (χ2n) is 5.61. The molecule has 0 atom stereocenters. The van der Waals surface area contributed by atoms with Crippen LogP contribution in [0.2, 0.25) is 0 Å². The van der Waals surface area contributed by atoms with Gasteiger partial charge in [-0.3, -0.25) is 5.32 Å². The summed E-state index contributed by atoms with van der Waals surface area (Å²) >= 11 is 0. The highest BCUT2D eigenvalue weighted by atomic mass is 16.5. The van der Waals surface area contributed by atoms with E-state index in [-0.39, 0.29) is 18.1 Å². The standard InChI is InChI=1S/C16H20N4O3/c1-22-13-8-6-11(7-9-13)10-14-19-20-16(23-14)18-15(21)17-12-4-2-3-5-12/h6-9,12H,2-5,10H2,1H3,(H2,17,18,20,21). The highest BCUT2D eigenvalue weighted by Gasteiger charge is 2.18. The molecule has 0 unspecified atom stereocenters. The lowest BCUT2D eigenvalue weighted by Gasteiger charge is -2.10.